The highest BCUT2D eigenvalue weighted by atomic mass is 35.5. The van der Waals surface area contributed by atoms with E-state index < -0.39 is 0 Å². The van der Waals surface area contributed by atoms with E-state index in [1.54, 1.807) is 0 Å². The van der Waals surface area contributed by atoms with Crippen LogP contribution in [0.5, 0.6) is 0 Å². The molecule has 20 heavy (non-hydrogen) atoms. The van der Waals surface area contributed by atoms with Crippen molar-refractivity contribution >= 4 is 24.5 Å². The fourth-order valence-electron chi connectivity index (χ4n) is 1.92. The number of rotatable bonds is 12. The molecule has 0 fully saturated rings. The fourth-order valence-corrected chi connectivity index (χ4v) is 1.92. The first-order valence-electron chi connectivity index (χ1n) is 7.27. The van der Waals surface area contributed by atoms with Gasteiger partial charge in [0.25, 0.3) is 5.91 Å². The van der Waals surface area contributed by atoms with E-state index in [1.807, 2.05) is 0 Å². The molecule has 0 spiro atoms. The Morgan fingerprint density at radius 2 is 1.55 bits per heavy atom. The van der Waals surface area contributed by atoms with Gasteiger partial charge in [-0.05, 0) is 33.5 Å². The van der Waals surface area contributed by atoms with Gasteiger partial charge in [0.05, 0.1) is 0 Å². The molecule has 6 heteroatoms. The molecule has 1 amide bonds. The van der Waals surface area contributed by atoms with E-state index >= 15 is 0 Å². The molecule has 0 aromatic heterocycles. The van der Waals surface area contributed by atoms with Crippen molar-refractivity contribution in [3.8, 4) is 0 Å². The number of hydrogen-bond donors (Lipinski definition) is 2. The third-order valence-electron chi connectivity index (χ3n) is 3.01. The summed E-state index contributed by atoms with van der Waals surface area (Å²) in [6.07, 6.45) is 10.8. The predicted molar refractivity (Wildman–Crippen MR) is 86.0 cm³/mol. The van der Waals surface area contributed by atoms with E-state index in [0.717, 1.165) is 19.1 Å². The average Bonchev–Trinajstić information content (AvgIpc) is 2.36. The number of nitrogens with one attached hydrogen (secondary N) is 1. The number of oxime groups is 1. The first kappa shape index (κ1) is 21.5. The third-order valence-corrected chi connectivity index (χ3v) is 3.01. The Labute approximate surface area is 129 Å². The van der Waals surface area contributed by atoms with Crippen molar-refractivity contribution in [2.45, 2.75) is 51.4 Å². The Morgan fingerprint density at radius 3 is 2.05 bits per heavy atom. The van der Waals surface area contributed by atoms with Gasteiger partial charge in [-0.2, -0.15) is 0 Å². The lowest BCUT2D eigenvalue weighted by Crippen LogP contribution is -2.25. The summed E-state index contributed by atoms with van der Waals surface area (Å²) in [5.74, 6) is -0.330. The number of amides is 1. The summed E-state index contributed by atoms with van der Waals surface area (Å²) in [5, 5.41) is 13.5. The molecule has 0 aromatic carbocycles. The third kappa shape index (κ3) is 17.2. The lowest BCUT2D eigenvalue weighted by molar-refractivity contribution is -0.114. The van der Waals surface area contributed by atoms with Crippen molar-refractivity contribution in [3.63, 3.8) is 0 Å². The van der Waals surface area contributed by atoms with Crippen LogP contribution < -0.4 is 5.32 Å². The minimum absolute atomic E-state index is 0. The average molecular weight is 308 g/mol. The van der Waals surface area contributed by atoms with Gasteiger partial charge in [-0.25, -0.2) is 0 Å². The lowest BCUT2D eigenvalue weighted by atomic mass is 10.1. The summed E-state index contributed by atoms with van der Waals surface area (Å²) in [6, 6.07) is 0. The molecule has 0 unspecified atom stereocenters. The van der Waals surface area contributed by atoms with Crippen molar-refractivity contribution in [1.29, 1.82) is 0 Å². The second kappa shape index (κ2) is 16.2. The standard InChI is InChI=1S/C14H29N3O2.ClH/c1-17(2)12-10-8-6-4-3-5-7-9-11-15-14(18)13-16-19;/h13,19H,3-12H2,1-2H3,(H,15,18);1H/b16-13-;. The van der Waals surface area contributed by atoms with Crippen LogP contribution in [-0.2, 0) is 4.79 Å². The van der Waals surface area contributed by atoms with Crippen molar-refractivity contribution < 1.29 is 10.0 Å². The molecule has 0 aromatic rings. The Kier molecular flexibility index (Phi) is 17.5. The molecule has 0 aliphatic carbocycles. The number of hydrogen-bond acceptors (Lipinski definition) is 4. The van der Waals surface area contributed by atoms with Crippen LogP contribution in [0, 0.1) is 0 Å². The van der Waals surface area contributed by atoms with E-state index in [4.69, 9.17) is 5.21 Å². The summed E-state index contributed by atoms with van der Waals surface area (Å²) in [4.78, 5) is 13.1. The number of carbonyl (C=O) groups is 1. The van der Waals surface area contributed by atoms with Gasteiger partial charge < -0.3 is 15.4 Å². The highest BCUT2D eigenvalue weighted by Crippen LogP contribution is 2.08. The van der Waals surface area contributed by atoms with Gasteiger partial charge in [-0.15, -0.1) is 12.4 Å². The monoisotopic (exact) mass is 307 g/mol. The van der Waals surface area contributed by atoms with Gasteiger partial charge in [0.2, 0.25) is 0 Å². The zero-order valence-corrected chi connectivity index (χ0v) is 13.6. The van der Waals surface area contributed by atoms with E-state index in [0.29, 0.717) is 6.54 Å². The lowest BCUT2D eigenvalue weighted by Gasteiger charge is -2.08. The second-order valence-electron chi connectivity index (χ2n) is 5.17. The minimum atomic E-state index is -0.330. The van der Waals surface area contributed by atoms with Crippen LogP contribution in [0.25, 0.3) is 0 Å². The zero-order valence-electron chi connectivity index (χ0n) is 12.8. The Bertz CT molecular complexity index is 249. The first-order valence-corrected chi connectivity index (χ1v) is 7.27. The minimum Gasteiger partial charge on any atom is -0.411 e. The topological polar surface area (TPSA) is 64.9 Å². The van der Waals surface area contributed by atoms with Crippen LogP contribution in [0.2, 0.25) is 0 Å². The maximum Gasteiger partial charge on any atom is 0.265 e. The van der Waals surface area contributed by atoms with E-state index in [2.05, 4.69) is 29.5 Å². The molecule has 2 N–H and O–H groups in total. The Hall–Kier alpha value is -0.810. The molecule has 5 nitrogen and oxygen atoms in total. The van der Waals surface area contributed by atoms with Crippen molar-refractivity contribution in [2.24, 2.45) is 5.16 Å². The predicted octanol–water partition coefficient (Wildman–Crippen LogP) is 2.67. The molecule has 0 rings (SSSR count). The largest absolute Gasteiger partial charge is 0.411 e. The molecule has 0 aliphatic rings. The molecule has 0 radical (unpaired) electrons. The van der Waals surface area contributed by atoms with Crippen molar-refractivity contribution in [1.82, 2.24) is 10.2 Å². The molecule has 0 atom stereocenters. The highest BCUT2D eigenvalue weighted by Gasteiger charge is 1.96. The van der Waals surface area contributed by atoms with Gasteiger partial charge in [-0.1, -0.05) is 43.7 Å². The van der Waals surface area contributed by atoms with Gasteiger partial charge in [-0.3, -0.25) is 4.79 Å². The molecule has 0 heterocycles. The van der Waals surface area contributed by atoms with Crippen molar-refractivity contribution in [2.75, 3.05) is 27.2 Å². The van der Waals surface area contributed by atoms with Crippen LogP contribution in [0.3, 0.4) is 0 Å². The molecule has 0 aliphatic heterocycles. The smallest absolute Gasteiger partial charge is 0.265 e. The summed E-state index contributed by atoms with van der Waals surface area (Å²) < 4.78 is 0. The summed E-state index contributed by atoms with van der Waals surface area (Å²) in [7, 11) is 4.23. The van der Waals surface area contributed by atoms with Gasteiger partial charge in [0.15, 0.2) is 0 Å². The maximum absolute atomic E-state index is 10.9. The molecule has 120 valence electrons. The van der Waals surface area contributed by atoms with Crippen LogP contribution in [0.15, 0.2) is 5.16 Å². The van der Waals surface area contributed by atoms with Crippen molar-refractivity contribution in [3.05, 3.63) is 0 Å². The highest BCUT2D eigenvalue weighted by molar-refractivity contribution is 6.25. The van der Waals surface area contributed by atoms with Crippen LogP contribution in [0.1, 0.15) is 51.4 Å². The molecular formula is C14H30ClN3O2. The van der Waals surface area contributed by atoms with E-state index in [9.17, 15) is 4.79 Å². The zero-order chi connectivity index (χ0) is 14.3. The first-order chi connectivity index (χ1) is 9.16. The molecular weight excluding hydrogens is 278 g/mol. The number of halogens is 1. The molecule has 0 bridgehead atoms. The Balaban J connectivity index is 0. The van der Waals surface area contributed by atoms with Crippen LogP contribution in [-0.4, -0.2) is 49.4 Å². The number of carbonyl (C=O) groups excluding carboxylic acids is 1. The summed E-state index contributed by atoms with van der Waals surface area (Å²) in [6.45, 7) is 1.85. The van der Waals surface area contributed by atoms with Crippen LogP contribution in [0.4, 0.5) is 0 Å². The quantitative estimate of drug-likeness (QED) is 0.252. The Morgan fingerprint density at radius 1 is 1.05 bits per heavy atom. The second-order valence-corrected chi connectivity index (χ2v) is 5.17. The van der Waals surface area contributed by atoms with E-state index in [-0.39, 0.29) is 18.3 Å². The van der Waals surface area contributed by atoms with Gasteiger partial charge in [0.1, 0.15) is 6.21 Å². The van der Waals surface area contributed by atoms with Gasteiger partial charge >= 0.3 is 0 Å². The summed E-state index contributed by atoms with van der Waals surface area (Å²) >= 11 is 0. The molecule has 0 saturated heterocycles. The maximum atomic E-state index is 10.9. The number of nitrogens with zero attached hydrogens (tertiary/aromatic N) is 2. The van der Waals surface area contributed by atoms with Gasteiger partial charge in [0, 0.05) is 6.54 Å². The molecule has 0 saturated carbocycles. The van der Waals surface area contributed by atoms with E-state index in [1.165, 1.54) is 45.1 Å². The fraction of sp³-hybridized carbons (Fsp3) is 0.857. The summed E-state index contributed by atoms with van der Waals surface area (Å²) in [5.41, 5.74) is 0. The van der Waals surface area contributed by atoms with Crippen LogP contribution >= 0.6 is 12.4 Å². The normalized spacial score (nSPS) is 10.8. The number of unbranched alkanes of at least 4 members (excludes halogenated alkanes) is 7. The SMILES string of the molecule is CN(C)CCCCCCCCCCNC(=O)/C=N\O.Cl.